The van der Waals surface area contributed by atoms with Gasteiger partial charge in [0.2, 0.25) is 5.91 Å². The molecule has 0 saturated carbocycles. The number of nitrogens with zero attached hydrogens (tertiary/aromatic N) is 1. The highest BCUT2D eigenvalue weighted by atomic mass is 16.5. The van der Waals surface area contributed by atoms with E-state index in [9.17, 15) is 9.59 Å². The minimum atomic E-state index is -0.422. The highest BCUT2D eigenvalue weighted by molar-refractivity contribution is 5.84. The minimum Gasteiger partial charge on any atom is -0.468 e. The standard InChI is InChI=1S/C14H20N2O3/c1-10(2)16(9-14(18)19-3)13(17)8-11-5-4-6-12(15)7-11/h4-7,10H,8-9,15H2,1-3H3. The molecule has 0 spiro atoms. The first-order chi connectivity index (χ1) is 8.93. The van der Waals surface area contributed by atoms with Gasteiger partial charge in [0.1, 0.15) is 6.54 Å². The number of hydrogen-bond acceptors (Lipinski definition) is 4. The maximum Gasteiger partial charge on any atom is 0.325 e. The summed E-state index contributed by atoms with van der Waals surface area (Å²) in [6.07, 6.45) is 0.222. The number of hydrogen-bond donors (Lipinski definition) is 1. The Bertz CT molecular complexity index is 458. The van der Waals surface area contributed by atoms with Crippen molar-refractivity contribution in [3.63, 3.8) is 0 Å². The topological polar surface area (TPSA) is 72.6 Å². The van der Waals surface area contributed by atoms with Crippen LogP contribution >= 0.6 is 0 Å². The first-order valence-electron chi connectivity index (χ1n) is 6.14. The third-order valence-electron chi connectivity index (χ3n) is 2.78. The summed E-state index contributed by atoms with van der Waals surface area (Å²) in [7, 11) is 1.31. The first-order valence-corrected chi connectivity index (χ1v) is 6.14. The van der Waals surface area contributed by atoms with Crippen LogP contribution in [-0.4, -0.2) is 36.5 Å². The van der Waals surface area contributed by atoms with Crippen molar-refractivity contribution in [2.45, 2.75) is 26.3 Å². The molecule has 1 aromatic carbocycles. The van der Waals surface area contributed by atoms with Crippen LogP contribution in [0.3, 0.4) is 0 Å². The normalized spacial score (nSPS) is 10.3. The molecule has 1 rings (SSSR count). The van der Waals surface area contributed by atoms with Gasteiger partial charge < -0.3 is 15.4 Å². The monoisotopic (exact) mass is 264 g/mol. The minimum absolute atomic E-state index is 0.0324. The second-order valence-electron chi connectivity index (χ2n) is 4.61. The summed E-state index contributed by atoms with van der Waals surface area (Å²) in [6, 6.07) is 7.10. The van der Waals surface area contributed by atoms with E-state index in [1.54, 1.807) is 18.2 Å². The molecule has 1 aromatic rings. The number of ether oxygens (including phenoxy) is 1. The van der Waals surface area contributed by atoms with Crippen molar-refractivity contribution in [2.75, 3.05) is 19.4 Å². The molecular weight excluding hydrogens is 244 g/mol. The van der Waals surface area contributed by atoms with E-state index in [-0.39, 0.29) is 24.9 Å². The average Bonchev–Trinajstić information content (AvgIpc) is 2.35. The van der Waals surface area contributed by atoms with E-state index in [0.29, 0.717) is 5.69 Å². The third-order valence-corrected chi connectivity index (χ3v) is 2.78. The maximum atomic E-state index is 12.2. The largest absolute Gasteiger partial charge is 0.468 e. The van der Waals surface area contributed by atoms with Crippen LogP contribution in [-0.2, 0) is 20.7 Å². The molecule has 0 heterocycles. The Morgan fingerprint density at radius 3 is 2.58 bits per heavy atom. The molecule has 5 heteroatoms. The fraction of sp³-hybridized carbons (Fsp3) is 0.429. The highest BCUT2D eigenvalue weighted by Crippen LogP contribution is 2.10. The zero-order chi connectivity index (χ0) is 14.4. The Morgan fingerprint density at radius 2 is 2.05 bits per heavy atom. The van der Waals surface area contributed by atoms with Gasteiger partial charge in [-0.1, -0.05) is 12.1 Å². The number of esters is 1. The fourth-order valence-electron chi connectivity index (χ4n) is 1.74. The lowest BCUT2D eigenvalue weighted by Gasteiger charge is -2.25. The molecule has 0 aliphatic heterocycles. The van der Waals surface area contributed by atoms with E-state index in [1.165, 1.54) is 12.0 Å². The van der Waals surface area contributed by atoms with Crippen LogP contribution in [0.25, 0.3) is 0 Å². The van der Waals surface area contributed by atoms with E-state index in [2.05, 4.69) is 4.74 Å². The summed E-state index contributed by atoms with van der Waals surface area (Å²) in [4.78, 5) is 25.0. The Morgan fingerprint density at radius 1 is 1.37 bits per heavy atom. The predicted molar refractivity (Wildman–Crippen MR) is 73.4 cm³/mol. The van der Waals surface area contributed by atoms with Crippen LogP contribution in [0.4, 0.5) is 5.69 Å². The van der Waals surface area contributed by atoms with Crippen molar-refractivity contribution < 1.29 is 14.3 Å². The lowest BCUT2D eigenvalue weighted by molar-refractivity contribution is -0.148. The quantitative estimate of drug-likeness (QED) is 0.641. The average molecular weight is 264 g/mol. The lowest BCUT2D eigenvalue weighted by Crippen LogP contribution is -2.41. The van der Waals surface area contributed by atoms with Crippen molar-refractivity contribution in [1.29, 1.82) is 0 Å². The van der Waals surface area contributed by atoms with Gasteiger partial charge in [-0.3, -0.25) is 9.59 Å². The molecule has 0 aliphatic carbocycles. The second-order valence-corrected chi connectivity index (χ2v) is 4.61. The van der Waals surface area contributed by atoms with E-state index < -0.39 is 5.97 Å². The van der Waals surface area contributed by atoms with Crippen LogP contribution < -0.4 is 5.73 Å². The molecule has 19 heavy (non-hydrogen) atoms. The van der Waals surface area contributed by atoms with Gasteiger partial charge in [-0.05, 0) is 31.5 Å². The number of nitrogens with two attached hydrogens (primary N) is 1. The molecule has 0 aromatic heterocycles. The van der Waals surface area contributed by atoms with Gasteiger partial charge in [-0.25, -0.2) is 0 Å². The maximum absolute atomic E-state index is 12.2. The number of carbonyl (C=O) groups excluding carboxylic acids is 2. The predicted octanol–water partition coefficient (Wildman–Crippen LogP) is 1.22. The summed E-state index contributed by atoms with van der Waals surface area (Å²) in [5.41, 5.74) is 7.13. The van der Waals surface area contributed by atoms with Crippen molar-refractivity contribution >= 4 is 17.6 Å². The molecule has 5 nitrogen and oxygen atoms in total. The molecule has 0 unspecified atom stereocenters. The number of rotatable bonds is 5. The van der Waals surface area contributed by atoms with Crippen molar-refractivity contribution in [1.82, 2.24) is 4.90 Å². The highest BCUT2D eigenvalue weighted by Gasteiger charge is 2.20. The molecule has 2 N–H and O–H groups in total. The smallest absolute Gasteiger partial charge is 0.325 e. The molecule has 1 amide bonds. The van der Waals surface area contributed by atoms with Crippen LogP contribution in [0.5, 0.6) is 0 Å². The zero-order valence-corrected chi connectivity index (χ0v) is 11.6. The van der Waals surface area contributed by atoms with Gasteiger partial charge in [0.05, 0.1) is 13.5 Å². The van der Waals surface area contributed by atoms with E-state index in [0.717, 1.165) is 5.56 Å². The Hall–Kier alpha value is -2.04. The van der Waals surface area contributed by atoms with E-state index >= 15 is 0 Å². The number of amides is 1. The third kappa shape index (κ3) is 4.62. The molecule has 0 fully saturated rings. The molecule has 0 radical (unpaired) electrons. The van der Waals surface area contributed by atoms with E-state index in [4.69, 9.17) is 5.73 Å². The molecule has 0 bridgehead atoms. The van der Waals surface area contributed by atoms with Crippen LogP contribution in [0.2, 0.25) is 0 Å². The molecular formula is C14H20N2O3. The number of benzene rings is 1. The number of nitrogen functional groups attached to an aromatic ring is 1. The van der Waals surface area contributed by atoms with Gasteiger partial charge in [0, 0.05) is 11.7 Å². The van der Waals surface area contributed by atoms with Crippen molar-refractivity contribution in [2.24, 2.45) is 0 Å². The summed E-state index contributed by atoms with van der Waals surface area (Å²) >= 11 is 0. The second kappa shape index (κ2) is 6.78. The van der Waals surface area contributed by atoms with Gasteiger partial charge in [0.15, 0.2) is 0 Å². The number of carbonyl (C=O) groups is 2. The number of anilines is 1. The zero-order valence-electron chi connectivity index (χ0n) is 11.6. The summed E-state index contributed by atoms with van der Waals surface area (Å²) in [5.74, 6) is -0.541. The lowest BCUT2D eigenvalue weighted by atomic mass is 10.1. The molecule has 104 valence electrons. The van der Waals surface area contributed by atoms with Gasteiger partial charge in [-0.15, -0.1) is 0 Å². The Kier molecular flexibility index (Phi) is 5.36. The first kappa shape index (κ1) is 15.0. The Labute approximate surface area is 113 Å². The van der Waals surface area contributed by atoms with Crippen LogP contribution in [0.1, 0.15) is 19.4 Å². The Balaban J connectivity index is 2.75. The van der Waals surface area contributed by atoms with Gasteiger partial charge >= 0.3 is 5.97 Å². The summed E-state index contributed by atoms with van der Waals surface area (Å²) < 4.78 is 4.60. The summed E-state index contributed by atoms with van der Waals surface area (Å²) in [5, 5.41) is 0. The molecule has 0 atom stereocenters. The van der Waals surface area contributed by atoms with Gasteiger partial charge in [0.25, 0.3) is 0 Å². The van der Waals surface area contributed by atoms with Gasteiger partial charge in [-0.2, -0.15) is 0 Å². The van der Waals surface area contributed by atoms with Crippen molar-refractivity contribution in [3.8, 4) is 0 Å². The van der Waals surface area contributed by atoms with Crippen LogP contribution in [0, 0.1) is 0 Å². The van der Waals surface area contributed by atoms with Crippen LogP contribution in [0.15, 0.2) is 24.3 Å². The number of methoxy groups -OCH3 is 1. The SMILES string of the molecule is COC(=O)CN(C(=O)Cc1cccc(N)c1)C(C)C. The molecule has 0 saturated heterocycles. The van der Waals surface area contributed by atoms with E-state index in [1.807, 2.05) is 19.9 Å². The summed E-state index contributed by atoms with van der Waals surface area (Å²) in [6.45, 7) is 3.69. The molecule has 0 aliphatic rings. The van der Waals surface area contributed by atoms with Crippen molar-refractivity contribution in [3.05, 3.63) is 29.8 Å². The fourth-order valence-corrected chi connectivity index (χ4v) is 1.74.